The van der Waals surface area contributed by atoms with Crippen molar-refractivity contribution < 1.29 is 9.53 Å². The molecule has 1 heterocycles. The summed E-state index contributed by atoms with van der Waals surface area (Å²) in [4.78, 5) is 15.6. The van der Waals surface area contributed by atoms with Gasteiger partial charge in [0.25, 0.3) is 0 Å². The molecule has 0 aromatic heterocycles. The zero-order chi connectivity index (χ0) is 17.7. The van der Waals surface area contributed by atoms with Gasteiger partial charge >= 0.3 is 0 Å². The van der Waals surface area contributed by atoms with Gasteiger partial charge < -0.3 is 9.64 Å². The van der Waals surface area contributed by atoms with Crippen LogP contribution in [-0.4, -0.2) is 37.1 Å². The highest BCUT2D eigenvalue weighted by Gasteiger charge is 2.40. The van der Waals surface area contributed by atoms with E-state index in [4.69, 9.17) is 4.74 Å². The van der Waals surface area contributed by atoms with Gasteiger partial charge in [-0.05, 0) is 23.8 Å². The Balaban J connectivity index is 2.27. The van der Waals surface area contributed by atoms with Gasteiger partial charge in [-0.25, -0.2) is 0 Å². The maximum Gasteiger partial charge on any atom is 0.230 e. The predicted octanol–water partition coefficient (Wildman–Crippen LogP) is 4.34. The van der Waals surface area contributed by atoms with E-state index >= 15 is 0 Å². The van der Waals surface area contributed by atoms with Crippen molar-refractivity contribution in [1.29, 1.82) is 0 Å². The Labute approximate surface area is 147 Å². The molecule has 0 radical (unpaired) electrons. The SMILES string of the molecule is CCC(C)C(C(=O)N1CC(COC)C[C@H]1C(C)C)c1ccccc1. The molecule has 1 aliphatic heterocycles. The second kappa shape index (κ2) is 8.66. The molecule has 0 N–H and O–H groups in total. The van der Waals surface area contributed by atoms with Crippen LogP contribution in [0.15, 0.2) is 30.3 Å². The molecule has 4 atom stereocenters. The van der Waals surface area contributed by atoms with Crippen molar-refractivity contribution in [3.63, 3.8) is 0 Å². The topological polar surface area (TPSA) is 29.5 Å². The lowest BCUT2D eigenvalue weighted by molar-refractivity contribution is -0.135. The number of ether oxygens (including phenoxy) is 1. The van der Waals surface area contributed by atoms with Crippen LogP contribution in [0, 0.1) is 17.8 Å². The average Bonchev–Trinajstić information content (AvgIpc) is 3.00. The molecule has 1 saturated heterocycles. The molecule has 2 rings (SSSR count). The van der Waals surface area contributed by atoms with Crippen molar-refractivity contribution in [3.05, 3.63) is 35.9 Å². The van der Waals surface area contributed by atoms with Crippen LogP contribution in [0.25, 0.3) is 0 Å². The highest BCUT2D eigenvalue weighted by molar-refractivity contribution is 5.84. The summed E-state index contributed by atoms with van der Waals surface area (Å²) in [5.74, 6) is 1.53. The summed E-state index contributed by atoms with van der Waals surface area (Å²) in [6.07, 6.45) is 2.06. The number of hydrogen-bond acceptors (Lipinski definition) is 2. The maximum atomic E-state index is 13.5. The average molecular weight is 332 g/mol. The van der Waals surface area contributed by atoms with E-state index < -0.39 is 0 Å². The van der Waals surface area contributed by atoms with E-state index in [2.05, 4.69) is 44.7 Å². The third-order valence-corrected chi connectivity index (χ3v) is 5.52. The second-order valence-electron chi connectivity index (χ2n) is 7.63. The maximum absolute atomic E-state index is 13.5. The van der Waals surface area contributed by atoms with Gasteiger partial charge in [0.2, 0.25) is 5.91 Å². The molecule has 0 spiro atoms. The first kappa shape index (κ1) is 19.0. The third-order valence-electron chi connectivity index (χ3n) is 5.52. The standard InChI is InChI=1S/C21H33NO2/c1-6-16(4)20(18-10-8-7-9-11-18)21(23)22-13-17(14-24-5)12-19(22)15(2)3/h7-11,15-17,19-20H,6,12-14H2,1-5H3/t16?,17?,19-,20?/m0/s1. The molecule has 134 valence electrons. The summed E-state index contributed by atoms with van der Waals surface area (Å²) < 4.78 is 5.36. The van der Waals surface area contributed by atoms with E-state index in [-0.39, 0.29) is 5.92 Å². The fraction of sp³-hybridized carbons (Fsp3) is 0.667. The Morgan fingerprint density at radius 1 is 1.25 bits per heavy atom. The fourth-order valence-corrected chi connectivity index (χ4v) is 3.99. The van der Waals surface area contributed by atoms with Crippen molar-refractivity contribution in [2.75, 3.05) is 20.3 Å². The molecule has 0 aliphatic carbocycles. The highest BCUT2D eigenvalue weighted by Crippen LogP contribution is 2.35. The molecule has 1 aromatic rings. The number of benzene rings is 1. The quantitative estimate of drug-likeness (QED) is 0.744. The summed E-state index contributed by atoms with van der Waals surface area (Å²) in [5.41, 5.74) is 1.15. The summed E-state index contributed by atoms with van der Waals surface area (Å²) in [6, 6.07) is 10.6. The second-order valence-corrected chi connectivity index (χ2v) is 7.63. The molecular weight excluding hydrogens is 298 g/mol. The minimum Gasteiger partial charge on any atom is -0.384 e. The first-order chi connectivity index (χ1) is 11.5. The first-order valence-electron chi connectivity index (χ1n) is 9.33. The van der Waals surface area contributed by atoms with E-state index in [1.807, 2.05) is 18.2 Å². The Kier molecular flexibility index (Phi) is 6.85. The van der Waals surface area contributed by atoms with Crippen LogP contribution in [-0.2, 0) is 9.53 Å². The van der Waals surface area contributed by atoms with Crippen molar-refractivity contribution in [1.82, 2.24) is 4.90 Å². The molecule has 0 saturated carbocycles. The lowest BCUT2D eigenvalue weighted by atomic mass is 9.84. The van der Waals surface area contributed by atoms with Crippen LogP contribution in [0.4, 0.5) is 0 Å². The minimum atomic E-state index is -0.0428. The zero-order valence-electron chi connectivity index (χ0n) is 15.9. The van der Waals surface area contributed by atoms with Crippen LogP contribution in [0.5, 0.6) is 0 Å². The van der Waals surface area contributed by atoms with E-state index in [9.17, 15) is 4.79 Å². The largest absolute Gasteiger partial charge is 0.384 e. The molecule has 0 bridgehead atoms. The lowest BCUT2D eigenvalue weighted by Gasteiger charge is -2.33. The number of amides is 1. The minimum absolute atomic E-state index is 0.0428. The van der Waals surface area contributed by atoms with Gasteiger partial charge in [-0.3, -0.25) is 4.79 Å². The van der Waals surface area contributed by atoms with Gasteiger partial charge in [0.15, 0.2) is 0 Å². The Morgan fingerprint density at radius 2 is 1.92 bits per heavy atom. The lowest BCUT2D eigenvalue weighted by Crippen LogP contribution is -2.43. The number of hydrogen-bond donors (Lipinski definition) is 0. The van der Waals surface area contributed by atoms with Gasteiger partial charge in [-0.1, -0.05) is 64.4 Å². The summed E-state index contributed by atoms with van der Waals surface area (Å²) >= 11 is 0. The number of rotatable bonds is 7. The summed E-state index contributed by atoms with van der Waals surface area (Å²) in [5, 5.41) is 0. The van der Waals surface area contributed by atoms with Crippen LogP contribution in [0.2, 0.25) is 0 Å². The molecule has 3 nitrogen and oxygen atoms in total. The van der Waals surface area contributed by atoms with E-state index in [1.54, 1.807) is 7.11 Å². The van der Waals surface area contributed by atoms with E-state index in [0.29, 0.717) is 29.7 Å². The normalized spacial score (nSPS) is 23.5. The Morgan fingerprint density at radius 3 is 2.46 bits per heavy atom. The van der Waals surface area contributed by atoms with Crippen LogP contribution < -0.4 is 0 Å². The van der Waals surface area contributed by atoms with Crippen molar-refractivity contribution in [2.24, 2.45) is 17.8 Å². The van der Waals surface area contributed by atoms with Crippen LogP contribution >= 0.6 is 0 Å². The number of nitrogens with zero attached hydrogens (tertiary/aromatic N) is 1. The van der Waals surface area contributed by atoms with Gasteiger partial charge in [0.05, 0.1) is 12.5 Å². The first-order valence-corrected chi connectivity index (χ1v) is 9.33. The summed E-state index contributed by atoms with van der Waals surface area (Å²) in [6.45, 7) is 10.4. The molecule has 1 amide bonds. The monoisotopic (exact) mass is 331 g/mol. The van der Waals surface area contributed by atoms with Gasteiger partial charge in [-0.15, -0.1) is 0 Å². The third kappa shape index (κ3) is 4.18. The van der Waals surface area contributed by atoms with Gasteiger partial charge in [-0.2, -0.15) is 0 Å². The summed E-state index contributed by atoms with van der Waals surface area (Å²) in [7, 11) is 1.75. The smallest absolute Gasteiger partial charge is 0.230 e. The molecule has 3 heteroatoms. The number of carbonyl (C=O) groups excluding carboxylic acids is 1. The van der Waals surface area contributed by atoms with Crippen LogP contribution in [0.1, 0.15) is 52.0 Å². The fourth-order valence-electron chi connectivity index (χ4n) is 3.99. The van der Waals surface area contributed by atoms with Crippen molar-refractivity contribution in [3.8, 4) is 0 Å². The molecular formula is C21H33NO2. The van der Waals surface area contributed by atoms with Gasteiger partial charge in [0.1, 0.15) is 0 Å². The molecule has 1 fully saturated rings. The van der Waals surface area contributed by atoms with E-state index in [1.165, 1.54) is 0 Å². The molecule has 24 heavy (non-hydrogen) atoms. The van der Waals surface area contributed by atoms with Gasteiger partial charge in [0, 0.05) is 25.6 Å². The number of carbonyl (C=O) groups is 1. The van der Waals surface area contributed by atoms with E-state index in [0.717, 1.165) is 31.6 Å². The molecule has 1 aliphatic rings. The Hall–Kier alpha value is -1.35. The van der Waals surface area contributed by atoms with Crippen molar-refractivity contribution in [2.45, 2.75) is 52.5 Å². The molecule has 3 unspecified atom stereocenters. The zero-order valence-corrected chi connectivity index (χ0v) is 15.9. The number of likely N-dealkylation sites (tertiary alicyclic amines) is 1. The molecule has 1 aromatic carbocycles. The predicted molar refractivity (Wildman–Crippen MR) is 99.0 cm³/mol. The Bertz CT molecular complexity index is 514. The highest BCUT2D eigenvalue weighted by atomic mass is 16.5. The number of methoxy groups -OCH3 is 1. The van der Waals surface area contributed by atoms with Crippen molar-refractivity contribution >= 4 is 5.91 Å². The van der Waals surface area contributed by atoms with Crippen LogP contribution in [0.3, 0.4) is 0 Å².